The van der Waals surface area contributed by atoms with Crippen LogP contribution >= 0.6 is 34.2 Å². The van der Waals surface area contributed by atoms with Crippen LogP contribution in [0.1, 0.15) is 19.3 Å². The Hall–Kier alpha value is -0.330. The van der Waals surface area contributed by atoms with Gasteiger partial charge in [-0.05, 0) is 78.6 Å². The summed E-state index contributed by atoms with van der Waals surface area (Å²) in [4.78, 5) is 12.3. The van der Waals surface area contributed by atoms with Gasteiger partial charge < -0.3 is 10.6 Å². The normalized spacial score (nSPS) is 24.2. The molecule has 1 atom stereocenters. The molecule has 1 heterocycles. The second-order valence-electron chi connectivity index (χ2n) is 5.48. The molecular weight excluding hydrogens is 375 g/mol. The van der Waals surface area contributed by atoms with Gasteiger partial charge in [0.15, 0.2) is 0 Å². The molecule has 1 aliphatic heterocycles. The van der Waals surface area contributed by atoms with Crippen molar-refractivity contribution in [3.05, 3.63) is 26.8 Å². The topological polar surface area (TPSA) is 41.1 Å². The fourth-order valence-corrected chi connectivity index (χ4v) is 3.91. The van der Waals surface area contributed by atoms with Crippen molar-refractivity contribution in [1.29, 1.82) is 0 Å². The van der Waals surface area contributed by atoms with Crippen LogP contribution in [0.2, 0.25) is 5.02 Å². The van der Waals surface area contributed by atoms with Gasteiger partial charge in [-0.3, -0.25) is 4.79 Å². The van der Waals surface area contributed by atoms with Crippen LogP contribution in [0, 0.1) is 14.9 Å². The molecule has 2 fully saturated rings. The lowest BCUT2D eigenvalue weighted by Gasteiger charge is -2.23. The van der Waals surface area contributed by atoms with Crippen LogP contribution < -0.4 is 10.6 Å². The van der Waals surface area contributed by atoms with Gasteiger partial charge in [0.05, 0.1) is 10.7 Å². The SMILES string of the molecule is O=C(Nc1ccc(I)cc1Cl)C1CC12CCNCC2. The van der Waals surface area contributed by atoms with Crippen molar-refractivity contribution in [2.45, 2.75) is 19.3 Å². The first-order valence-corrected chi connectivity index (χ1v) is 8.03. The van der Waals surface area contributed by atoms with E-state index in [1.807, 2.05) is 18.2 Å². The van der Waals surface area contributed by atoms with E-state index in [9.17, 15) is 4.79 Å². The number of amides is 1. The lowest BCUT2D eigenvalue weighted by atomic mass is 9.92. The third-order valence-electron chi connectivity index (χ3n) is 4.29. The van der Waals surface area contributed by atoms with Crippen molar-refractivity contribution >= 4 is 45.8 Å². The van der Waals surface area contributed by atoms with Crippen LogP contribution in [-0.2, 0) is 4.79 Å². The van der Waals surface area contributed by atoms with Crippen LogP contribution in [0.5, 0.6) is 0 Å². The van der Waals surface area contributed by atoms with Crippen LogP contribution in [0.4, 0.5) is 5.69 Å². The second kappa shape index (κ2) is 5.22. The number of nitrogens with one attached hydrogen (secondary N) is 2. The Kier molecular flexibility index (Phi) is 3.75. The van der Waals surface area contributed by atoms with E-state index in [0.29, 0.717) is 5.02 Å². The molecule has 0 radical (unpaired) electrons. The predicted octanol–water partition coefficient (Wildman–Crippen LogP) is 3.27. The van der Waals surface area contributed by atoms with E-state index in [0.717, 1.165) is 41.6 Å². The molecule has 5 heteroatoms. The third kappa shape index (κ3) is 2.76. The molecule has 2 aliphatic rings. The summed E-state index contributed by atoms with van der Waals surface area (Å²) in [6.07, 6.45) is 3.26. The maximum absolute atomic E-state index is 12.3. The van der Waals surface area contributed by atoms with E-state index < -0.39 is 0 Å². The molecule has 102 valence electrons. The molecule has 1 saturated heterocycles. The molecule has 1 amide bonds. The zero-order chi connectivity index (χ0) is 13.5. The highest BCUT2D eigenvalue weighted by Crippen LogP contribution is 2.58. The van der Waals surface area contributed by atoms with Crippen molar-refractivity contribution in [3.8, 4) is 0 Å². The quantitative estimate of drug-likeness (QED) is 0.761. The molecule has 1 aromatic rings. The first-order valence-electron chi connectivity index (χ1n) is 6.57. The molecule has 1 aliphatic carbocycles. The maximum Gasteiger partial charge on any atom is 0.228 e. The Morgan fingerprint density at radius 2 is 2.16 bits per heavy atom. The van der Waals surface area contributed by atoms with Gasteiger partial charge in [0.25, 0.3) is 0 Å². The largest absolute Gasteiger partial charge is 0.325 e. The van der Waals surface area contributed by atoms with E-state index in [-0.39, 0.29) is 17.2 Å². The Labute approximate surface area is 131 Å². The Bertz CT molecular complexity index is 514. The molecule has 3 rings (SSSR count). The monoisotopic (exact) mass is 390 g/mol. The standard InChI is InChI=1S/C14H16ClIN2O/c15-11-7-9(16)1-2-12(11)18-13(19)10-8-14(10)3-5-17-6-4-14/h1-2,7,10,17H,3-6,8H2,(H,18,19). The highest BCUT2D eigenvalue weighted by atomic mass is 127. The van der Waals surface area contributed by atoms with Crippen molar-refractivity contribution in [3.63, 3.8) is 0 Å². The average molecular weight is 391 g/mol. The zero-order valence-electron chi connectivity index (χ0n) is 10.5. The smallest absolute Gasteiger partial charge is 0.228 e. The predicted molar refractivity (Wildman–Crippen MR) is 85.4 cm³/mol. The number of hydrogen-bond donors (Lipinski definition) is 2. The molecule has 0 bridgehead atoms. The Morgan fingerprint density at radius 3 is 2.84 bits per heavy atom. The summed E-state index contributed by atoms with van der Waals surface area (Å²) in [6, 6.07) is 5.69. The van der Waals surface area contributed by atoms with Gasteiger partial charge in [-0.1, -0.05) is 11.6 Å². The van der Waals surface area contributed by atoms with Crippen LogP contribution in [0.25, 0.3) is 0 Å². The van der Waals surface area contributed by atoms with Crippen LogP contribution in [-0.4, -0.2) is 19.0 Å². The van der Waals surface area contributed by atoms with Gasteiger partial charge in [0.1, 0.15) is 0 Å². The summed E-state index contributed by atoms with van der Waals surface area (Å²) in [7, 11) is 0. The van der Waals surface area contributed by atoms with E-state index in [1.165, 1.54) is 0 Å². The number of piperidine rings is 1. The molecule has 1 aromatic carbocycles. The van der Waals surface area contributed by atoms with Gasteiger partial charge in [-0.15, -0.1) is 0 Å². The minimum atomic E-state index is 0.130. The van der Waals surface area contributed by atoms with Crippen molar-refractivity contribution in [2.24, 2.45) is 11.3 Å². The Balaban J connectivity index is 1.66. The zero-order valence-corrected chi connectivity index (χ0v) is 13.4. The molecule has 1 saturated carbocycles. The summed E-state index contributed by atoms with van der Waals surface area (Å²) in [6.45, 7) is 2.07. The highest BCUT2D eigenvalue weighted by molar-refractivity contribution is 14.1. The van der Waals surface area contributed by atoms with E-state index in [2.05, 4.69) is 33.2 Å². The summed E-state index contributed by atoms with van der Waals surface area (Å²) >= 11 is 8.35. The Morgan fingerprint density at radius 1 is 1.42 bits per heavy atom. The summed E-state index contributed by atoms with van der Waals surface area (Å²) in [5, 5.41) is 6.94. The number of halogens is 2. The number of carbonyl (C=O) groups excluding carboxylic acids is 1. The fraction of sp³-hybridized carbons (Fsp3) is 0.500. The van der Waals surface area contributed by atoms with Crippen LogP contribution in [0.15, 0.2) is 18.2 Å². The lowest BCUT2D eigenvalue weighted by molar-refractivity contribution is -0.118. The molecule has 3 nitrogen and oxygen atoms in total. The first-order chi connectivity index (χ1) is 9.11. The van der Waals surface area contributed by atoms with Gasteiger partial charge in [-0.2, -0.15) is 0 Å². The number of hydrogen-bond acceptors (Lipinski definition) is 2. The number of carbonyl (C=O) groups is 1. The fourth-order valence-electron chi connectivity index (χ4n) is 3.01. The number of anilines is 1. The van der Waals surface area contributed by atoms with Gasteiger partial charge in [0, 0.05) is 9.49 Å². The van der Waals surface area contributed by atoms with E-state index in [1.54, 1.807) is 0 Å². The number of benzene rings is 1. The maximum atomic E-state index is 12.3. The molecule has 2 N–H and O–H groups in total. The molecule has 0 aromatic heterocycles. The molecular formula is C14H16ClIN2O. The highest BCUT2D eigenvalue weighted by Gasteiger charge is 2.57. The van der Waals surface area contributed by atoms with Crippen molar-refractivity contribution in [2.75, 3.05) is 18.4 Å². The summed E-state index contributed by atoms with van der Waals surface area (Å²) < 4.78 is 1.07. The van der Waals surface area contributed by atoms with Gasteiger partial charge in [0.2, 0.25) is 5.91 Å². The molecule has 1 spiro atoms. The summed E-state index contributed by atoms with van der Waals surface area (Å²) in [5.41, 5.74) is 0.994. The van der Waals surface area contributed by atoms with Crippen molar-refractivity contribution < 1.29 is 4.79 Å². The van der Waals surface area contributed by atoms with E-state index >= 15 is 0 Å². The number of rotatable bonds is 2. The van der Waals surface area contributed by atoms with Gasteiger partial charge in [-0.25, -0.2) is 0 Å². The lowest BCUT2D eigenvalue weighted by Crippen LogP contribution is -2.31. The minimum Gasteiger partial charge on any atom is -0.325 e. The second-order valence-corrected chi connectivity index (χ2v) is 7.14. The first kappa shape index (κ1) is 13.6. The molecule has 19 heavy (non-hydrogen) atoms. The molecule has 1 unspecified atom stereocenters. The van der Waals surface area contributed by atoms with Gasteiger partial charge >= 0.3 is 0 Å². The minimum absolute atomic E-state index is 0.130. The summed E-state index contributed by atoms with van der Waals surface area (Å²) in [5.74, 6) is 0.301. The van der Waals surface area contributed by atoms with E-state index in [4.69, 9.17) is 11.6 Å². The average Bonchev–Trinajstić information content (AvgIpc) is 3.07. The van der Waals surface area contributed by atoms with Crippen LogP contribution in [0.3, 0.4) is 0 Å². The van der Waals surface area contributed by atoms with Crippen molar-refractivity contribution in [1.82, 2.24) is 5.32 Å². The third-order valence-corrected chi connectivity index (χ3v) is 5.28.